The Morgan fingerprint density at radius 1 is 1.42 bits per heavy atom. The molecule has 2 heteroatoms. The van der Waals surface area contributed by atoms with E-state index in [1.54, 1.807) is 0 Å². The van der Waals surface area contributed by atoms with Crippen LogP contribution in [-0.2, 0) is 4.74 Å². The van der Waals surface area contributed by atoms with Crippen molar-refractivity contribution in [2.24, 2.45) is 11.8 Å². The van der Waals surface area contributed by atoms with Crippen LogP contribution >= 0.6 is 0 Å². The van der Waals surface area contributed by atoms with Crippen LogP contribution in [0, 0.1) is 11.8 Å². The van der Waals surface area contributed by atoms with Crippen molar-refractivity contribution < 1.29 is 4.74 Å². The summed E-state index contributed by atoms with van der Waals surface area (Å²) < 4.78 is 5.48. The van der Waals surface area contributed by atoms with Gasteiger partial charge in [-0.3, -0.25) is 0 Å². The van der Waals surface area contributed by atoms with Gasteiger partial charge in [0.15, 0.2) is 0 Å². The number of hydrogen-bond acceptors (Lipinski definition) is 2. The summed E-state index contributed by atoms with van der Waals surface area (Å²) in [6.07, 6.45) is 2.55. The van der Waals surface area contributed by atoms with Gasteiger partial charge in [0.25, 0.3) is 0 Å². The summed E-state index contributed by atoms with van der Waals surface area (Å²) in [7, 11) is 2.05. The Hall–Kier alpha value is -0.0800. The smallest absolute Gasteiger partial charge is 0.0509 e. The monoisotopic (exact) mass is 171 g/mol. The minimum absolute atomic E-state index is 0.630. The first-order valence-corrected chi connectivity index (χ1v) is 5.00. The lowest BCUT2D eigenvalue weighted by atomic mass is 9.87. The highest BCUT2D eigenvalue weighted by molar-refractivity contribution is 4.79. The SMILES string of the molecule is CNC(C(C)C)C1CCCOC1. The number of ether oxygens (including phenoxy) is 1. The molecule has 1 fully saturated rings. The summed E-state index contributed by atoms with van der Waals surface area (Å²) in [5.74, 6) is 1.44. The predicted octanol–water partition coefficient (Wildman–Crippen LogP) is 1.66. The van der Waals surface area contributed by atoms with E-state index in [-0.39, 0.29) is 0 Å². The van der Waals surface area contributed by atoms with Crippen LogP contribution in [0.25, 0.3) is 0 Å². The van der Waals surface area contributed by atoms with Gasteiger partial charge in [-0.05, 0) is 31.7 Å². The quantitative estimate of drug-likeness (QED) is 0.697. The summed E-state index contributed by atoms with van der Waals surface area (Å²) in [4.78, 5) is 0. The molecule has 0 aromatic heterocycles. The average Bonchev–Trinajstić information content (AvgIpc) is 2.07. The van der Waals surface area contributed by atoms with Crippen molar-refractivity contribution >= 4 is 0 Å². The van der Waals surface area contributed by atoms with E-state index in [0.717, 1.165) is 19.1 Å². The Balaban J connectivity index is 2.40. The van der Waals surface area contributed by atoms with Gasteiger partial charge in [-0.2, -0.15) is 0 Å². The Labute approximate surface area is 75.7 Å². The summed E-state index contributed by atoms with van der Waals surface area (Å²) in [5, 5.41) is 3.39. The van der Waals surface area contributed by atoms with E-state index in [0.29, 0.717) is 12.0 Å². The molecule has 0 aromatic rings. The first-order chi connectivity index (χ1) is 5.75. The lowest BCUT2D eigenvalue weighted by molar-refractivity contribution is 0.0330. The third-order valence-electron chi connectivity index (χ3n) is 2.75. The van der Waals surface area contributed by atoms with Crippen molar-refractivity contribution in [2.45, 2.75) is 32.7 Å². The molecule has 0 aromatic carbocycles. The molecule has 1 aliphatic rings. The minimum atomic E-state index is 0.630. The largest absolute Gasteiger partial charge is 0.381 e. The van der Waals surface area contributed by atoms with Crippen LogP contribution in [0.2, 0.25) is 0 Å². The molecule has 0 radical (unpaired) electrons. The highest BCUT2D eigenvalue weighted by Crippen LogP contribution is 2.21. The second-order valence-corrected chi connectivity index (χ2v) is 4.04. The zero-order valence-corrected chi connectivity index (χ0v) is 8.47. The van der Waals surface area contributed by atoms with Crippen LogP contribution in [0.1, 0.15) is 26.7 Å². The molecule has 1 heterocycles. The van der Waals surface area contributed by atoms with Crippen molar-refractivity contribution in [1.29, 1.82) is 0 Å². The minimum Gasteiger partial charge on any atom is -0.381 e. The van der Waals surface area contributed by atoms with Crippen LogP contribution in [0.5, 0.6) is 0 Å². The molecule has 2 unspecified atom stereocenters. The van der Waals surface area contributed by atoms with E-state index in [2.05, 4.69) is 26.2 Å². The molecule has 0 spiro atoms. The third kappa shape index (κ3) is 2.46. The van der Waals surface area contributed by atoms with E-state index < -0.39 is 0 Å². The normalized spacial score (nSPS) is 27.5. The maximum atomic E-state index is 5.48. The molecule has 0 aliphatic carbocycles. The maximum Gasteiger partial charge on any atom is 0.0509 e. The Kier molecular flexibility index (Phi) is 4.02. The molecule has 72 valence electrons. The summed E-state index contributed by atoms with van der Waals surface area (Å²) >= 11 is 0. The molecule has 0 bridgehead atoms. The fourth-order valence-corrected chi connectivity index (χ4v) is 2.16. The standard InChI is InChI=1S/C10H21NO/c1-8(2)10(11-3)9-5-4-6-12-7-9/h8-11H,4-7H2,1-3H3. The summed E-state index contributed by atoms with van der Waals surface area (Å²) in [5.41, 5.74) is 0. The number of rotatable bonds is 3. The molecule has 1 rings (SSSR count). The lowest BCUT2D eigenvalue weighted by Gasteiger charge is -2.32. The zero-order chi connectivity index (χ0) is 8.97. The third-order valence-corrected chi connectivity index (χ3v) is 2.75. The fraction of sp³-hybridized carbons (Fsp3) is 1.00. The van der Waals surface area contributed by atoms with Crippen molar-refractivity contribution in [2.75, 3.05) is 20.3 Å². The van der Waals surface area contributed by atoms with E-state index >= 15 is 0 Å². The molecule has 1 N–H and O–H groups in total. The molecule has 2 nitrogen and oxygen atoms in total. The van der Waals surface area contributed by atoms with Crippen LogP contribution in [0.15, 0.2) is 0 Å². The van der Waals surface area contributed by atoms with E-state index in [4.69, 9.17) is 4.74 Å². The molecular weight excluding hydrogens is 150 g/mol. The topological polar surface area (TPSA) is 21.3 Å². The molecule has 12 heavy (non-hydrogen) atoms. The van der Waals surface area contributed by atoms with Gasteiger partial charge in [0.05, 0.1) is 6.61 Å². The van der Waals surface area contributed by atoms with Crippen molar-refractivity contribution in [3.8, 4) is 0 Å². The van der Waals surface area contributed by atoms with Crippen LogP contribution in [0.3, 0.4) is 0 Å². The Morgan fingerprint density at radius 3 is 2.58 bits per heavy atom. The number of hydrogen-bond donors (Lipinski definition) is 1. The van der Waals surface area contributed by atoms with Gasteiger partial charge < -0.3 is 10.1 Å². The first-order valence-electron chi connectivity index (χ1n) is 5.00. The molecular formula is C10H21NO. The fourth-order valence-electron chi connectivity index (χ4n) is 2.16. The predicted molar refractivity (Wildman–Crippen MR) is 51.2 cm³/mol. The highest BCUT2D eigenvalue weighted by atomic mass is 16.5. The molecule has 0 saturated carbocycles. The second kappa shape index (κ2) is 4.83. The molecule has 1 saturated heterocycles. The average molecular weight is 171 g/mol. The zero-order valence-electron chi connectivity index (χ0n) is 8.47. The molecule has 0 amide bonds. The lowest BCUT2D eigenvalue weighted by Crippen LogP contribution is -2.41. The second-order valence-electron chi connectivity index (χ2n) is 4.04. The van der Waals surface area contributed by atoms with Gasteiger partial charge in [-0.1, -0.05) is 13.8 Å². The van der Waals surface area contributed by atoms with Crippen LogP contribution in [-0.4, -0.2) is 26.3 Å². The molecule has 1 aliphatic heterocycles. The van der Waals surface area contributed by atoms with Gasteiger partial charge >= 0.3 is 0 Å². The van der Waals surface area contributed by atoms with Crippen LogP contribution < -0.4 is 5.32 Å². The Bertz CT molecular complexity index is 119. The van der Waals surface area contributed by atoms with Gasteiger partial charge in [0, 0.05) is 12.6 Å². The van der Waals surface area contributed by atoms with E-state index in [9.17, 15) is 0 Å². The van der Waals surface area contributed by atoms with Crippen molar-refractivity contribution in [1.82, 2.24) is 5.32 Å². The van der Waals surface area contributed by atoms with Gasteiger partial charge in [0.2, 0.25) is 0 Å². The molecule has 2 atom stereocenters. The maximum absolute atomic E-state index is 5.48. The van der Waals surface area contributed by atoms with Gasteiger partial charge in [0.1, 0.15) is 0 Å². The summed E-state index contributed by atoms with van der Waals surface area (Å²) in [6, 6.07) is 0.630. The van der Waals surface area contributed by atoms with Gasteiger partial charge in [-0.15, -0.1) is 0 Å². The van der Waals surface area contributed by atoms with Crippen molar-refractivity contribution in [3.05, 3.63) is 0 Å². The van der Waals surface area contributed by atoms with E-state index in [1.807, 2.05) is 0 Å². The van der Waals surface area contributed by atoms with Crippen LogP contribution in [0.4, 0.5) is 0 Å². The Morgan fingerprint density at radius 2 is 2.17 bits per heavy atom. The first kappa shape index (κ1) is 10.0. The summed E-state index contributed by atoms with van der Waals surface area (Å²) in [6.45, 7) is 6.46. The number of nitrogens with one attached hydrogen (secondary N) is 1. The van der Waals surface area contributed by atoms with Crippen molar-refractivity contribution in [3.63, 3.8) is 0 Å². The van der Waals surface area contributed by atoms with E-state index in [1.165, 1.54) is 12.8 Å². The highest BCUT2D eigenvalue weighted by Gasteiger charge is 2.24. The van der Waals surface area contributed by atoms with Gasteiger partial charge in [-0.25, -0.2) is 0 Å².